The Morgan fingerprint density at radius 1 is 1.38 bits per heavy atom. The number of halogens is 1. The van der Waals surface area contributed by atoms with Gasteiger partial charge in [-0.15, -0.1) is 0 Å². The van der Waals surface area contributed by atoms with Crippen molar-refractivity contribution in [3.8, 4) is 0 Å². The zero-order valence-electron chi connectivity index (χ0n) is 13.7. The molecule has 0 saturated carbocycles. The fraction of sp³-hybridized carbons (Fsp3) is 0.471. The summed E-state index contributed by atoms with van der Waals surface area (Å²) in [5.41, 5.74) is 0.109. The van der Waals surface area contributed by atoms with Gasteiger partial charge in [0.2, 0.25) is 0 Å². The number of hydrogen-bond donors (Lipinski definition) is 1. The van der Waals surface area contributed by atoms with Crippen LogP contribution >= 0.6 is 15.9 Å². The van der Waals surface area contributed by atoms with Crippen LogP contribution in [0.3, 0.4) is 0 Å². The molecule has 1 unspecified atom stereocenters. The van der Waals surface area contributed by atoms with Crippen molar-refractivity contribution in [3.05, 3.63) is 34.3 Å². The summed E-state index contributed by atoms with van der Waals surface area (Å²) in [6.45, 7) is 5.11. The van der Waals surface area contributed by atoms with E-state index in [0.717, 1.165) is 16.5 Å². The highest BCUT2D eigenvalue weighted by atomic mass is 79.9. The van der Waals surface area contributed by atoms with E-state index >= 15 is 0 Å². The first-order valence-electron chi connectivity index (χ1n) is 7.93. The highest BCUT2D eigenvalue weighted by molar-refractivity contribution is 9.10. The maximum absolute atomic E-state index is 12.8. The van der Waals surface area contributed by atoms with Gasteiger partial charge < -0.3 is 10.0 Å². The fourth-order valence-electron chi connectivity index (χ4n) is 3.20. The molecule has 128 valence electrons. The van der Waals surface area contributed by atoms with Crippen molar-refractivity contribution in [1.82, 2.24) is 9.80 Å². The second-order valence-corrected chi connectivity index (χ2v) is 7.72. The maximum atomic E-state index is 12.8. The summed E-state index contributed by atoms with van der Waals surface area (Å²) in [5, 5.41) is 9.10. The summed E-state index contributed by atoms with van der Waals surface area (Å²) in [6, 6.07) is 7.71. The second-order valence-electron chi connectivity index (χ2n) is 6.80. The molecule has 1 N–H and O–H groups in total. The van der Waals surface area contributed by atoms with Gasteiger partial charge in [0.1, 0.15) is 11.4 Å². The van der Waals surface area contributed by atoms with Gasteiger partial charge in [0.05, 0.1) is 0 Å². The van der Waals surface area contributed by atoms with Crippen LogP contribution in [-0.4, -0.2) is 57.9 Å². The molecule has 7 heteroatoms. The number of hydrogen-bond acceptors (Lipinski definition) is 3. The third kappa shape index (κ3) is 3.17. The molecule has 24 heavy (non-hydrogen) atoms. The number of benzene rings is 1. The van der Waals surface area contributed by atoms with Crippen LogP contribution in [0.15, 0.2) is 33.7 Å². The largest absolute Gasteiger partial charge is 0.465 e. The topological polar surface area (TPSA) is 73.2 Å². The van der Waals surface area contributed by atoms with Crippen LogP contribution in [0.4, 0.5) is 4.79 Å². The van der Waals surface area contributed by atoms with Gasteiger partial charge >= 0.3 is 6.09 Å². The molecule has 0 bridgehead atoms. The molecular formula is C17H20BrN3O3. The molecule has 1 aromatic carbocycles. The van der Waals surface area contributed by atoms with E-state index < -0.39 is 11.6 Å². The van der Waals surface area contributed by atoms with Crippen molar-refractivity contribution in [2.45, 2.75) is 25.8 Å². The van der Waals surface area contributed by atoms with Crippen molar-refractivity contribution >= 4 is 33.8 Å². The smallest absolute Gasteiger partial charge is 0.407 e. The Labute approximate surface area is 149 Å². The molecule has 0 spiro atoms. The van der Waals surface area contributed by atoms with E-state index in [1.54, 1.807) is 4.90 Å². The van der Waals surface area contributed by atoms with Gasteiger partial charge in [-0.05, 0) is 38.3 Å². The molecular weight excluding hydrogens is 374 g/mol. The SMILES string of the molecule is CC1(C)N=C(c2ccc(Br)cc2)N(CC2CCN(C(=O)O)C2)C1=O. The van der Waals surface area contributed by atoms with Crippen molar-refractivity contribution in [3.63, 3.8) is 0 Å². The fourth-order valence-corrected chi connectivity index (χ4v) is 3.47. The number of nitrogens with zero attached hydrogens (tertiary/aromatic N) is 3. The molecule has 0 aromatic heterocycles. The minimum absolute atomic E-state index is 0.0332. The highest BCUT2D eigenvalue weighted by Crippen LogP contribution is 2.28. The minimum atomic E-state index is -0.896. The van der Waals surface area contributed by atoms with Gasteiger partial charge in [-0.2, -0.15) is 0 Å². The lowest BCUT2D eigenvalue weighted by atomic mass is 10.0. The van der Waals surface area contributed by atoms with Crippen LogP contribution in [0.1, 0.15) is 25.8 Å². The van der Waals surface area contributed by atoms with E-state index in [-0.39, 0.29) is 11.8 Å². The number of aliphatic imine (C=N–C) groups is 1. The Bertz CT molecular complexity index is 700. The average molecular weight is 394 g/mol. The van der Waals surface area contributed by atoms with E-state index in [1.807, 2.05) is 38.1 Å². The summed E-state index contributed by atoms with van der Waals surface area (Å²) in [7, 11) is 0. The summed E-state index contributed by atoms with van der Waals surface area (Å²) in [5.74, 6) is 0.778. The Morgan fingerprint density at radius 3 is 2.62 bits per heavy atom. The highest BCUT2D eigenvalue weighted by Gasteiger charge is 2.42. The lowest BCUT2D eigenvalue weighted by molar-refractivity contribution is -0.130. The molecule has 2 heterocycles. The number of carboxylic acid groups (broad SMARTS) is 1. The van der Waals surface area contributed by atoms with E-state index in [9.17, 15) is 9.59 Å². The average Bonchev–Trinajstić information content (AvgIpc) is 3.07. The van der Waals surface area contributed by atoms with Crippen molar-refractivity contribution in [2.75, 3.05) is 19.6 Å². The van der Waals surface area contributed by atoms with Gasteiger partial charge in [0.25, 0.3) is 5.91 Å². The molecule has 1 fully saturated rings. The first-order valence-corrected chi connectivity index (χ1v) is 8.73. The summed E-state index contributed by atoms with van der Waals surface area (Å²) in [6.07, 6.45) is -0.128. The van der Waals surface area contributed by atoms with Gasteiger partial charge in [0, 0.05) is 29.7 Å². The van der Waals surface area contributed by atoms with Crippen molar-refractivity contribution in [2.24, 2.45) is 10.9 Å². The zero-order valence-corrected chi connectivity index (χ0v) is 15.3. The number of amidine groups is 1. The third-order valence-electron chi connectivity index (χ3n) is 4.51. The summed E-state index contributed by atoms with van der Waals surface area (Å²) >= 11 is 3.41. The molecule has 2 amide bonds. The van der Waals surface area contributed by atoms with E-state index in [1.165, 1.54) is 4.90 Å². The zero-order chi connectivity index (χ0) is 17.5. The van der Waals surface area contributed by atoms with Crippen LogP contribution in [-0.2, 0) is 4.79 Å². The Hall–Kier alpha value is -1.89. The normalized spacial score (nSPS) is 22.9. The lowest BCUT2D eigenvalue weighted by Crippen LogP contribution is -2.42. The van der Waals surface area contributed by atoms with Crippen LogP contribution in [0.5, 0.6) is 0 Å². The van der Waals surface area contributed by atoms with Crippen LogP contribution < -0.4 is 0 Å². The Balaban J connectivity index is 1.82. The van der Waals surface area contributed by atoms with Crippen LogP contribution in [0.2, 0.25) is 0 Å². The lowest BCUT2D eigenvalue weighted by Gasteiger charge is -2.24. The van der Waals surface area contributed by atoms with Gasteiger partial charge in [-0.3, -0.25) is 14.7 Å². The standard InChI is InChI=1S/C17H20BrN3O3/c1-17(2)15(22)21(10-11-7-8-20(9-11)16(23)24)14(19-17)12-3-5-13(18)6-4-12/h3-6,11H,7-10H2,1-2H3,(H,23,24). The quantitative estimate of drug-likeness (QED) is 0.857. The van der Waals surface area contributed by atoms with Gasteiger partial charge in [0.15, 0.2) is 0 Å². The third-order valence-corrected chi connectivity index (χ3v) is 5.04. The first-order chi connectivity index (χ1) is 11.3. The number of likely N-dealkylation sites (tertiary alicyclic amines) is 1. The molecule has 1 atom stereocenters. The number of rotatable bonds is 3. The molecule has 2 aliphatic heterocycles. The van der Waals surface area contributed by atoms with Crippen LogP contribution in [0, 0.1) is 5.92 Å². The summed E-state index contributed by atoms with van der Waals surface area (Å²) in [4.78, 5) is 31.6. The predicted octanol–water partition coefficient (Wildman–Crippen LogP) is 2.82. The van der Waals surface area contributed by atoms with Gasteiger partial charge in [-0.1, -0.05) is 28.1 Å². The number of carbonyl (C=O) groups excluding carboxylic acids is 1. The van der Waals surface area contributed by atoms with E-state index in [2.05, 4.69) is 20.9 Å². The second kappa shape index (κ2) is 6.20. The van der Waals surface area contributed by atoms with E-state index in [0.29, 0.717) is 25.5 Å². The molecule has 3 rings (SSSR count). The molecule has 1 saturated heterocycles. The number of amides is 2. The number of carbonyl (C=O) groups is 2. The van der Waals surface area contributed by atoms with Crippen molar-refractivity contribution in [1.29, 1.82) is 0 Å². The maximum Gasteiger partial charge on any atom is 0.407 e. The first kappa shape index (κ1) is 17.0. The molecule has 1 aromatic rings. The van der Waals surface area contributed by atoms with Crippen molar-refractivity contribution < 1.29 is 14.7 Å². The van der Waals surface area contributed by atoms with E-state index in [4.69, 9.17) is 5.11 Å². The van der Waals surface area contributed by atoms with Gasteiger partial charge in [-0.25, -0.2) is 4.79 Å². The Morgan fingerprint density at radius 2 is 2.04 bits per heavy atom. The molecule has 0 aliphatic carbocycles. The van der Waals surface area contributed by atoms with Crippen LogP contribution in [0.25, 0.3) is 0 Å². The summed E-state index contributed by atoms with van der Waals surface area (Å²) < 4.78 is 0.967. The Kier molecular flexibility index (Phi) is 4.38. The molecule has 2 aliphatic rings. The predicted molar refractivity (Wildman–Crippen MR) is 94.2 cm³/mol. The molecule has 0 radical (unpaired) electrons. The minimum Gasteiger partial charge on any atom is -0.465 e. The molecule has 6 nitrogen and oxygen atoms in total. The monoisotopic (exact) mass is 393 g/mol.